The van der Waals surface area contributed by atoms with E-state index in [4.69, 9.17) is 0 Å². The average molecular weight is 386 g/mol. The number of halogens is 2. The number of aromatic nitrogens is 2. The summed E-state index contributed by atoms with van der Waals surface area (Å²) >= 11 is 0. The fourth-order valence-electron chi connectivity index (χ4n) is 2.47. The smallest absolute Gasteiger partial charge is 0.387 e. The van der Waals surface area contributed by atoms with Gasteiger partial charge in [-0.1, -0.05) is 30.3 Å². The predicted molar refractivity (Wildman–Crippen MR) is 104 cm³/mol. The van der Waals surface area contributed by atoms with Crippen LogP contribution < -0.4 is 15.4 Å². The van der Waals surface area contributed by atoms with Gasteiger partial charge in [0, 0.05) is 23.4 Å². The summed E-state index contributed by atoms with van der Waals surface area (Å²) in [6.45, 7) is -1.11. The van der Waals surface area contributed by atoms with Gasteiger partial charge in [-0.15, -0.1) is 0 Å². The highest BCUT2D eigenvalue weighted by Crippen LogP contribution is 2.25. The first kappa shape index (κ1) is 19.5. The Morgan fingerprint density at radius 1 is 1.04 bits per heavy atom. The first-order valence-electron chi connectivity index (χ1n) is 8.67. The monoisotopic (exact) mass is 386 g/mol. The molecule has 6 nitrogen and oxygen atoms in total. The summed E-state index contributed by atoms with van der Waals surface area (Å²) < 4.78 is 28.9. The molecule has 3 aromatic rings. The minimum atomic E-state index is -2.86. The topological polar surface area (TPSA) is 79.3 Å². The van der Waals surface area contributed by atoms with E-state index < -0.39 is 6.61 Å². The van der Waals surface area contributed by atoms with E-state index in [1.54, 1.807) is 18.2 Å². The van der Waals surface area contributed by atoms with Gasteiger partial charge in [-0.25, -0.2) is 4.98 Å². The zero-order valence-corrected chi connectivity index (χ0v) is 15.1. The van der Waals surface area contributed by atoms with Crippen molar-refractivity contribution in [1.29, 1.82) is 0 Å². The van der Waals surface area contributed by atoms with Gasteiger partial charge in [0.25, 0.3) is 0 Å². The summed E-state index contributed by atoms with van der Waals surface area (Å²) in [5, 5.41) is 15.4. The molecule has 1 atom stereocenters. The molecule has 0 radical (unpaired) electrons. The molecule has 0 spiro atoms. The summed E-state index contributed by atoms with van der Waals surface area (Å²) in [7, 11) is 0. The highest BCUT2D eigenvalue weighted by atomic mass is 19.3. The van der Waals surface area contributed by atoms with E-state index in [0.29, 0.717) is 23.1 Å². The van der Waals surface area contributed by atoms with Crippen molar-refractivity contribution in [2.45, 2.75) is 19.6 Å². The van der Waals surface area contributed by atoms with Crippen molar-refractivity contribution in [3.05, 3.63) is 60.7 Å². The zero-order chi connectivity index (χ0) is 19.9. The second kappa shape index (κ2) is 9.09. The lowest BCUT2D eigenvalue weighted by molar-refractivity contribution is -0.0498. The lowest BCUT2D eigenvalue weighted by Gasteiger charge is -2.14. The number of rotatable bonds is 8. The molecule has 3 N–H and O–H groups in total. The van der Waals surface area contributed by atoms with Crippen LogP contribution >= 0.6 is 0 Å². The summed E-state index contributed by atoms with van der Waals surface area (Å²) in [6, 6.07) is 17.3. The van der Waals surface area contributed by atoms with Crippen LogP contribution in [0.15, 0.2) is 60.7 Å². The standard InChI is InChI=1S/C20H20F2N4O2/c1-13(12-27)23-20-25-17(14-5-3-2-4-6-14)11-18(26-20)24-15-7-9-16(10-8-15)28-19(21)22/h2-11,13,19,27H,12H2,1H3,(H2,23,24,25,26)/t13-/m0/s1. The van der Waals surface area contributed by atoms with Gasteiger partial charge < -0.3 is 20.5 Å². The van der Waals surface area contributed by atoms with Gasteiger partial charge in [0.1, 0.15) is 11.6 Å². The van der Waals surface area contributed by atoms with Gasteiger partial charge in [0.2, 0.25) is 5.95 Å². The molecule has 28 heavy (non-hydrogen) atoms. The summed E-state index contributed by atoms with van der Waals surface area (Å²) in [4.78, 5) is 8.92. The van der Waals surface area contributed by atoms with E-state index in [1.165, 1.54) is 12.1 Å². The molecular weight excluding hydrogens is 366 g/mol. The van der Waals surface area contributed by atoms with Gasteiger partial charge in [-0.05, 0) is 31.2 Å². The minimum absolute atomic E-state index is 0.0622. The van der Waals surface area contributed by atoms with Crippen molar-refractivity contribution in [2.75, 3.05) is 17.2 Å². The Morgan fingerprint density at radius 2 is 1.75 bits per heavy atom. The number of aliphatic hydroxyl groups is 1. The van der Waals surface area contributed by atoms with Crippen LogP contribution in [0.1, 0.15) is 6.92 Å². The molecule has 0 aliphatic carbocycles. The lowest BCUT2D eigenvalue weighted by Crippen LogP contribution is -2.21. The van der Waals surface area contributed by atoms with Gasteiger partial charge in [0.15, 0.2) is 0 Å². The maximum absolute atomic E-state index is 12.3. The Labute approximate surface area is 161 Å². The molecule has 1 aromatic heterocycles. The third-order valence-corrected chi connectivity index (χ3v) is 3.80. The second-order valence-electron chi connectivity index (χ2n) is 6.08. The number of anilines is 3. The van der Waals surface area contributed by atoms with Crippen molar-refractivity contribution < 1.29 is 18.6 Å². The second-order valence-corrected chi connectivity index (χ2v) is 6.08. The molecule has 2 aromatic carbocycles. The number of hydrogen-bond donors (Lipinski definition) is 3. The molecule has 0 saturated heterocycles. The number of ether oxygens (including phenoxy) is 1. The normalized spacial score (nSPS) is 11.9. The first-order valence-corrected chi connectivity index (χ1v) is 8.67. The van der Waals surface area contributed by atoms with Crippen LogP contribution in [0.25, 0.3) is 11.3 Å². The Balaban J connectivity index is 1.87. The lowest BCUT2D eigenvalue weighted by atomic mass is 10.1. The molecule has 0 bridgehead atoms. The molecule has 0 saturated carbocycles. The number of hydrogen-bond acceptors (Lipinski definition) is 6. The van der Waals surface area contributed by atoms with Crippen LogP contribution in [-0.4, -0.2) is 34.3 Å². The van der Waals surface area contributed by atoms with Gasteiger partial charge in [-0.2, -0.15) is 13.8 Å². The minimum Gasteiger partial charge on any atom is -0.435 e. The molecule has 0 fully saturated rings. The van der Waals surface area contributed by atoms with E-state index in [1.807, 2.05) is 37.3 Å². The largest absolute Gasteiger partial charge is 0.435 e. The SMILES string of the molecule is C[C@@H](CO)Nc1nc(Nc2ccc(OC(F)F)cc2)cc(-c2ccccc2)n1. The van der Waals surface area contributed by atoms with E-state index >= 15 is 0 Å². The van der Waals surface area contributed by atoms with Crippen LogP contribution in [0.2, 0.25) is 0 Å². The molecule has 1 heterocycles. The quantitative estimate of drug-likeness (QED) is 0.536. The number of benzene rings is 2. The van der Waals surface area contributed by atoms with Crippen LogP contribution in [0.4, 0.5) is 26.2 Å². The third-order valence-electron chi connectivity index (χ3n) is 3.80. The highest BCUT2D eigenvalue weighted by molar-refractivity contribution is 5.67. The molecule has 8 heteroatoms. The first-order chi connectivity index (χ1) is 13.5. The summed E-state index contributed by atoms with van der Waals surface area (Å²) in [6.07, 6.45) is 0. The van der Waals surface area contributed by atoms with Crippen LogP contribution in [-0.2, 0) is 0 Å². The van der Waals surface area contributed by atoms with Crippen molar-refractivity contribution in [2.24, 2.45) is 0 Å². The Bertz CT molecular complexity index is 892. The maximum Gasteiger partial charge on any atom is 0.387 e. The average Bonchev–Trinajstić information content (AvgIpc) is 2.69. The van der Waals surface area contributed by atoms with Gasteiger partial charge in [0.05, 0.1) is 12.3 Å². The van der Waals surface area contributed by atoms with E-state index in [-0.39, 0.29) is 18.4 Å². The van der Waals surface area contributed by atoms with Crippen LogP contribution in [0.3, 0.4) is 0 Å². The zero-order valence-electron chi connectivity index (χ0n) is 15.1. The van der Waals surface area contributed by atoms with E-state index in [0.717, 1.165) is 5.56 Å². The fraction of sp³-hybridized carbons (Fsp3) is 0.200. The molecule has 0 unspecified atom stereocenters. The van der Waals surface area contributed by atoms with E-state index in [2.05, 4.69) is 25.3 Å². The molecule has 0 aliphatic heterocycles. The number of alkyl halides is 2. The number of aliphatic hydroxyl groups excluding tert-OH is 1. The highest BCUT2D eigenvalue weighted by Gasteiger charge is 2.10. The van der Waals surface area contributed by atoms with E-state index in [9.17, 15) is 13.9 Å². The molecule has 3 rings (SSSR count). The van der Waals surface area contributed by atoms with Crippen LogP contribution in [0.5, 0.6) is 5.75 Å². The van der Waals surface area contributed by atoms with Crippen molar-refractivity contribution in [3.8, 4) is 17.0 Å². The number of nitrogens with one attached hydrogen (secondary N) is 2. The third kappa shape index (κ3) is 5.37. The Kier molecular flexibility index (Phi) is 6.33. The molecule has 0 aliphatic rings. The van der Waals surface area contributed by atoms with Crippen molar-refractivity contribution in [3.63, 3.8) is 0 Å². The molecular formula is C20H20F2N4O2. The Hall–Kier alpha value is -3.26. The maximum atomic E-state index is 12.3. The summed E-state index contributed by atoms with van der Waals surface area (Å²) in [5.41, 5.74) is 2.26. The van der Waals surface area contributed by atoms with Crippen LogP contribution in [0, 0.1) is 0 Å². The van der Waals surface area contributed by atoms with Gasteiger partial charge in [-0.3, -0.25) is 0 Å². The number of nitrogens with zero attached hydrogens (tertiary/aromatic N) is 2. The Morgan fingerprint density at radius 3 is 2.39 bits per heavy atom. The van der Waals surface area contributed by atoms with Crippen molar-refractivity contribution >= 4 is 17.5 Å². The predicted octanol–water partition coefficient (Wildman–Crippen LogP) is 4.28. The summed E-state index contributed by atoms with van der Waals surface area (Å²) in [5.74, 6) is 0.958. The van der Waals surface area contributed by atoms with Gasteiger partial charge >= 0.3 is 6.61 Å². The molecule has 146 valence electrons. The fourth-order valence-corrected chi connectivity index (χ4v) is 2.47. The van der Waals surface area contributed by atoms with Crippen molar-refractivity contribution in [1.82, 2.24) is 9.97 Å². The molecule has 0 amide bonds.